The molecule has 0 unspecified atom stereocenters. The van der Waals surface area contributed by atoms with Crippen LogP contribution in [0, 0.1) is 0 Å². The summed E-state index contributed by atoms with van der Waals surface area (Å²) in [6, 6.07) is 4.84. The van der Waals surface area contributed by atoms with Crippen molar-refractivity contribution in [2.45, 2.75) is 0 Å². The molecule has 1 aromatic rings. The van der Waals surface area contributed by atoms with Crippen LogP contribution in [0.2, 0.25) is 0 Å². The zero-order valence-electron chi connectivity index (χ0n) is 9.55. The maximum atomic E-state index is 10.9. The number of ether oxygens (including phenoxy) is 2. The lowest BCUT2D eigenvalue weighted by molar-refractivity contribution is -0.134. The van der Waals surface area contributed by atoms with Crippen molar-refractivity contribution >= 4 is 12.0 Å². The largest absolute Gasteiger partial charge is 0.504 e. The van der Waals surface area contributed by atoms with Gasteiger partial charge in [-0.15, -0.1) is 0 Å². The van der Waals surface area contributed by atoms with Crippen molar-refractivity contribution < 1.29 is 19.4 Å². The van der Waals surface area contributed by atoms with E-state index in [-0.39, 0.29) is 5.75 Å². The number of carbonyl (C=O) groups excluding carboxylic acids is 1. The fourth-order valence-corrected chi connectivity index (χ4v) is 1.14. The van der Waals surface area contributed by atoms with E-state index in [0.717, 1.165) is 0 Å². The second-order valence-electron chi connectivity index (χ2n) is 3.18. The van der Waals surface area contributed by atoms with Crippen LogP contribution in [-0.2, 0) is 9.53 Å². The smallest absolute Gasteiger partial charge is 0.330 e. The Kier molecular flexibility index (Phi) is 4.81. The van der Waals surface area contributed by atoms with Crippen LogP contribution in [0.15, 0.2) is 36.9 Å². The Morgan fingerprint density at radius 1 is 1.53 bits per heavy atom. The lowest BCUT2D eigenvalue weighted by atomic mass is 10.2. The molecule has 0 heterocycles. The number of benzene rings is 1. The molecule has 0 atom stereocenters. The molecule has 1 aromatic carbocycles. The number of carbonyl (C=O) groups is 1. The van der Waals surface area contributed by atoms with Crippen LogP contribution in [0.5, 0.6) is 11.5 Å². The molecule has 4 heteroatoms. The summed E-state index contributed by atoms with van der Waals surface area (Å²) in [5.41, 5.74) is 0.679. The van der Waals surface area contributed by atoms with E-state index in [1.165, 1.54) is 19.3 Å². The Hall–Kier alpha value is -2.23. The molecule has 0 aliphatic carbocycles. The molecule has 1 rings (SSSR count). The minimum atomic E-state index is -0.448. The lowest BCUT2D eigenvalue weighted by Crippen LogP contribution is -1.94. The summed E-state index contributed by atoms with van der Waals surface area (Å²) in [5, 5.41) is 9.63. The van der Waals surface area contributed by atoms with E-state index >= 15 is 0 Å². The third kappa shape index (κ3) is 4.03. The summed E-state index contributed by atoms with van der Waals surface area (Å²) in [5.74, 6) is -0.0598. The fraction of sp³-hybridized carbons (Fsp3) is 0.154. The summed E-state index contributed by atoms with van der Waals surface area (Å²) < 4.78 is 9.66. The summed E-state index contributed by atoms with van der Waals surface area (Å²) >= 11 is 0. The highest BCUT2D eigenvalue weighted by molar-refractivity contribution is 5.87. The average Bonchev–Trinajstić information content (AvgIpc) is 2.34. The molecule has 0 bridgehead atoms. The van der Waals surface area contributed by atoms with Gasteiger partial charge in [0, 0.05) is 6.08 Å². The highest BCUT2D eigenvalue weighted by atomic mass is 16.5. The molecule has 1 N–H and O–H groups in total. The molecule has 90 valence electrons. The van der Waals surface area contributed by atoms with E-state index in [9.17, 15) is 9.90 Å². The molecule has 0 aromatic heterocycles. The third-order valence-electron chi connectivity index (χ3n) is 1.95. The van der Waals surface area contributed by atoms with Gasteiger partial charge in [0.15, 0.2) is 11.5 Å². The van der Waals surface area contributed by atoms with E-state index in [1.54, 1.807) is 24.3 Å². The Morgan fingerprint density at radius 2 is 2.29 bits per heavy atom. The van der Waals surface area contributed by atoms with Crippen LogP contribution in [0.25, 0.3) is 6.08 Å². The number of aromatic hydroxyl groups is 1. The molecule has 4 nitrogen and oxygen atoms in total. The fourth-order valence-electron chi connectivity index (χ4n) is 1.14. The van der Waals surface area contributed by atoms with Crippen molar-refractivity contribution in [2.24, 2.45) is 0 Å². The van der Waals surface area contributed by atoms with Crippen LogP contribution in [0.1, 0.15) is 5.56 Å². The molecule has 0 saturated heterocycles. The van der Waals surface area contributed by atoms with Crippen molar-refractivity contribution in [2.75, 3.05) is 13.7 Å². The minimum Gasteiger partial charge on any atom is -0.504 e. The molecular weight excluding hydrogens is 220 g/mol. The molecule has 17 heavy (non-hydrogen) atoms. The zero-order valence-corrected chi connectivity index (χ0v) is 9.55. The second-order valence-corrected chi connectivity index (χ2v) is 3.18. The number of hydrogen-bond acceptors (Lipinski definition) is 4. The summed E-state index contributed by atoms with van der Waals surface area (Å²) in [6.07, 6.45) is 4.41. The number of phenolic OH excluding ortho intramolecular Hbond substituents is 1. The molecular formula is C13H14O4. The van der Waals surface area contributed by atoms with E-state index in [1.807, 2.05) is 0 Å². The molecule has 0 saturated carbocycles. The van der Waals surface area contributed by atoms with Crippen LogP contribution in [0.4, 0.5) is 0 Å². The summed E-state index contributed by atoms with van der Waals surface area (Å²) in [4.78, 5) is 10.9. The van der Waals surface area contributed by atoms with Crippen LogP contribution >= 0.6 is 0 Å². The monoisotopic (exact) mass is 234 g/mol. The van der Waals surface area contributed by atoms with Gasteiger partial charge in [0.25, 0.3) is 0 Å². The first kappa shape index (κ1) is 12.8. The Balaban J connectivity index is 2.77. The van der Waals surface area contributed by atoms with Crippen molar-refractivity contribution in [3.8, 4) is 11.5 Å². The van der Waals surface area contributed by atoms with E-state index in [4.69, 9.17) is 4.74 Å². The van der Waals surface area contributed by atoms with E-state index in [0.29, 0.717) is 17.9 Å². The van der Waals surface area contributed by atoms with Crippen molar-refractivity contribution in [1.82, 2.24) is 0 Å². The minimum absolute atomic E-state index is 0.0128. The molecule has 0 spiro atoms. The van der Waals surface area contributed by atoms with Gasteiger partial charge in [0.1, 0.15) is 6.61 Å². The predicted molar refractivity (Wildman–Crippen MR) is 64.8 cm³/mol. The van der Waals surface area contributed by atoms with Gasteiger partial charge in [-0.3, -0.25) is 0 Å². The van der Waals surface area contributed by atoms with E-state index < -0.39 is 5.97 Å². The first-order valence-corrected chi connectivity index (χ1v) is 5.00. The van der Waals surface area contributed by atoms with Gasteiger partial charge in [-0.2, -0.15) is 0 Å². The number of phenols is 1. The van der Waals surface area contributed by atoms with Gasteiger partial charge in [-0.1, -0.05) is 18.7 Å². The number of rotatable bonds is 5. The molecule has 0 aliphatic heterocycles. The first-order valence-electron chi connectivity index (χ1n) is 5.00. The van der Waals surface area contributed by atoms with Crippen LogP contribution in [-0.4, -0.2) is 24.8 Å². The number of hydrogen-bond donors (Lipinski definition) is 1. The van der Waals surface area contributed by atoms with Gasteiger partial charge in [0.05, 0.1) is 7.11 Å². The van der Waals surface area contributed by atoms with Crippen LogP contribution in [0.3, 0.4) is 0 Å². The van der Waals surface area contributed by atoms with Crippen molar-refractivity contribution in [3.63, 3.8) is 0 Å². The molecule has 0 fully saturated rings. The number of methoxy groups -OCH3 is 1. The Morgan fingerprint density at radius 3 is 2.88 bits per heavy atom. The van der Waals surface area contributed by atoms with Crippen molar-refractivity contribution in [3.05, 3.63) is 42.5 Å². The first-order chi connectivity index (χ1) is 8.17. The molecule has 0 amide bonds. The normalized spacial score (nSPS) is 10.2. The number of esters is 1. The average molecular weight is 234 g/mol. The maximum Gasteiger partial charge on any atom is 0.330 e. The predicted octanol–water partition coefficient (Wildman–Crippen LogP) is 2.14. The standard InChI is InChI=1S/C13H14O4/c1-3-8-17-12-6-4-10(9-11(12)14)5-7-13(15)16-2/h3-7,9,14H,1,8H2,2H3/b7-5+. The highest BCUT2D eigenvalue weighted by Gasteiger charge is 2.02. The van der Waals surface area contributed by atoms with E-state index in [2.05, 4.69) is 11.3 Å². The van der Waals surface area contributed by atoms with Crippen LogP contribution < -0.4 is 4.74 Å². The Labute approximate surface area is 99.8 Å². The molecule has 0 radical (unpaired) electrons. The van der Waals surface area contributed by atoms with Crippen molar-refractivity contribution in [1.29, 1.82) is 0 Å². The van der Waals surface area contributed by atoms with Gasteiger partial charge < -0.3 is 14.6 Å². The summed E-state index contributed by atoms with van der Waals surface area (Å²) in [6.45, 7) is 3.84. The summed E-state index contributed by atoms with van der Waals surface area (Å²) in [7, 11) is 1.30. The molecule has 0 aliphatic rings. The Bertz CT molecular complexity index is 435. The maximum absolute atomic E-state index is 10.9. The van der Waals surface area contributed by atoms with Gasteiger partial charge >= 0.3 is 5.97 Å². The quantitative estimate of drug-likeness (QED) is 0.482. The van der Waals surface area contributed by atoms with Gasteiger partial charge in [-0.25, -0.2) is 4.79 Å². The topological polar surface area (TPSA) is 55.8 Å². The zero-order chi connectivity index (χ0) is 12.7. The third-order valence-corrected chi connectivity index (χ3v) is 1.95. The second kappa shape index (κ2) is 6.37. The SMILES string of the molecule is C=CCOc1ccc(/C=C/C(=O)OC)cc1O. The van der Waals surface area contributed by atoms with Gasteiger partial charge in [0.2, 0.25) is 0 Å². The lowest BCUT2D eigenvalue weighted by Gasteiger charge is -2.06. The highest BCUT2D eigenvalue weighted by Crippen LogP contribution is 2.27. The van der Waals surface area contributed by atoms with Gasteiger partial charge in [-0.05, 0) is 23.8 Å².